The van der Waals surface area contributed by atoms with E-state index in [1.165, 1.54) is 11.4 Å². The van der Waals surface area contributed by atoms with Gasteiger partial charge in [0.2, 0.25) is 0 Å². The maximum Gasteiger partial charge on any atom is 2.00 e. The van der Waals surface area contributed by atoms with E-state index in [4.69, 9.17) is 0 Å². The van der Waals surface area contributed by atoms with Gasteiger partial charge in [-0.25, -0.2) is 50.5 Å². The average molecular weight is 511 g/mol. The summed E-state index contributed by atoms with van der Waals surface area (Å²) in [7, 11) is 0. The van der Waals surface area contributed by atoms with Gasteiger partial charge in [-0.3, -0.25) is 0 Å². The Bertz CT molecular complexity index is 596. The monoisotopic (exact) mass is 510 g/mol. The van der Waals surface area contributed by atoms with Gasteiger partial charge in [0.05, 0.1) is 0 Å². The third-order valence-corrected chi connectivity index (χ3v) is 5.54. The quantitative estimate of drug-likeness (QED) is 0.184. The van der Waals surface area contributed by atoms with E-state index in [-0.39, 0.29) is 16.5 Å². The van der Waals surface area contributed by atoms with E-state index in [0.29, 0.717) is 0 Å². The molecule has 0 saturated carbocycles. The molecule has 0 aliphatic rings. The summed E-state index contributed by atoms with van der Waals surface area (Å²) in [4.78, 5) is 4.61. The molecule has 0 saturated heterocycles. The molecule has 0 atom stereocenters. The van der Waals surface area contributed by atoms with Crippen LogP contribution in [0.25, 0.3) is 0 Å². The van der Waals surface area contributed by atoms with Gasteiger partial charge in [0.1, 0.15) is 0 Å². The van der Waals surface area contributed by atoms with Crippen molar-refractivity contribution in [3.05, 3.63) is 68.8 Å². The Morgan fingerprint density at radius 1 is 0.552 bits per heavy atom. The molecule has 7 heteroatoms. The molecule has 0 heterocycles. The van der Waals surface area contributed by atoms with Gasteiger partial charge in [-0.1, -0.05) is 33.4 Å². The molecule has 0 amide bonds. The summed E-state index contributed by atoms with van der Waals surface area (Å²) >= 11 is 16.7. The van der Waals surface area contributed by atoms with Crippen LogP contribution in [0.3, 0.4) is 0 Å². The first-order valence-electron chi connectivity index (χ1n) is 9.58. The average Bonchev–Trinajstić information content (AvgIpc) is 2.71. The van der Waals surface area contributed by atoms with E-state index in [9.17, 15) is 0 Å². The molecular formula is C22H32N2NiS4. The van der Waals surface area contributed by atoms with Crippen molar-refractivity contribution in [3.63, 3.8) is 0 Å². The second-order valence-electron chi connectivity index (χ2n) is 6.09. The number of anilines is 2. The molecule has 0 N–H and O–H groups in total. The van der Waals surface area contributed by atoms with Crippen LogP contribution in [-0.4, -0.2) is 26.2 Å². The summed E-state index contributed by atoms with van der Waals surface area (Å²) in [5.41, 5.74) is 4.63. The largest absolute Gasteiger partial charge is 2.00 e. The van der Waals surface area contributed by atoms with Crippen LogP contribution in [0.1, 0.15) is 38.8 Å². The fourth-order valence-corrected chi connectivity index (χ4v) is 3.42. The Labute approximate surface area is 209 Å². The first-order valence-corrected chi connectivity index (χ1v) is 11.4. The van der Waals surface area contributed by atoms with Crippen LogP contribution >= 0.6 is 50.5 Å². The molecule has 2 aromatic carbocycles. The van der Waals surface area contributed by atoms with E-state index in [1.807, 2.05) is 24.3 Å². The molecule has 0 aromatic heterocycles. The van der Waals surface area contributed by atoms with Crippen molar-refractivity contribution in [2.75, 3.05) is 36.0 Å². The number of rotatable bonds is 8. The van der Waals surface area contributed by atoms with Crippen LogP contribution in [0.15, 0.2) is 48.5 Å². The van der Waals surface area contributed by atoms with Crippen molar-refractivity contribution in [2.24, 2.45) is 0 Å². The zero-order valence-corrected chi connectivity index (χ0v) is 22.0. The summed E-state index contributed by atoms with van der Waals surface area (Å²) in [6, 6.07) is 16.6. The molecule has 0 radical (unpaired) electrons. The third-order valence-electron chi connectivity index (χ3n) is 4.51. The van der Waals surface area contributed by atoms with E-state index in [1.54, 1.807) is 0 Å². The second kappa shape index (κ2) is 15.5. The predicted octanol–water partition coefficient (Wildman–Crippen LogP) is 6.46. The van der Waals surface area contributed by atoms with Crippen LogP contribution in [0.5, 0.6) is 0 Å². The Morgan fingerprint density at radius 2 is 0.793 bits per heavy atom. The van der Waals surface area contributed by atoms with E-state index >= 15 is 0 Å². The summed E-state index contributed by atoms with van der Waals surface area (Å²) in [6.07, 6.45) is 0. The fourth-order valence-electron chi connectivity index (χ4n) is 2.82. The smallest absolute Gasteiger partial charge is 0.374 e. The van der Waals surface area contributed by atoms with Crippen molar-refractivity contribution in [2.45, 2.75) is 27.7 Å². The fraction of sp³-hybridized carbons (Fsp3) is 0.364. The zero-order valence-electron chi connectivity index (χ0n) is 17.4. The van der Waals surface area contributed by atoms with Crippen LogP contribution in [0, 0.1) is 9.16 Å². The van der Waals surface area contributed by atoms with E-state index < -0.39 is 0 Å². The molecule has 0 fully saturated rings. The molecule has 2 nitrogen and oxygen atoms in total. The van der Waals surface area contributed by atoms with Crippen molar-refractivity contribution in [1.29, 1.82) is 0 Å². The molecule has 29 heavy (non-hydrogen) atoms. The molecule has 0 bridgehead atoms. The van der Waals surface area contributed by atoms with Gasteiger partial charge in [0.25, 0.3) is 0 Å². The normalized spacial score (nSPS) is 9.66. The number of nitrogens with zero attached hydrogens (tertiary/aromatic N) is 2. The van der Waals surface area contributed by atoms with E-state index in [0.717, 1.165) is 46.5 Å². The molecule has 2 rings (SSSR count). The molecule has 2 aromatic rings. The van der Waals surface area contributed by atoms with Gasteiger partial charge in [0.15, 0.2) is 0 Å². The van der Waals surface area contributed by atoms with Crippen molar-refractivity contribution < 1.29 is 16.5 Å². The van der Waals surface area contributed by atoms with Gasteiger partial charge in [-0.05, 0) is 27.7 Å². The van der Waals surface area contributed by atoms with Crippen LogP contribution in [0.4, 0.5) is 11.4 Å². The molecule has 0 spiro atoms. The molecule has 0 aliphatic heterocycles. The predicted molar refractivity (Wildman–Crippen MR) is 141 cm³/mol. The van der Waals surface area contributed by atoms with Gasteiger partial charge in [0, 0.05) is 37.6 Å². The minimum absolute atomic E-state index is 0. The molecule has 0 aliphatic carbocycles. The summed E-state index contributed by atoms with van der Waals surface area (Å²) in [5.74, 6) is 0. The second-order valence-corrected chi connectivity index (χ2v) is 8.58. The molecule has 0 unspecified atom stereocenters. The van der Waals surface area contributed by atoms with Crippen molar-refractivity contribution in [1.82, 2.24) is 0 Å². The van der Waals surface area contributed by atoms with Crippen LogP contribution in [0.2, 0.25) is 0 Å². The summed E-state index contributed by atoms with van der Waals surface area (Å²) in [6.45, 7) is 12.8. The molecule has 164 valence electrons. The maximum absolute atomic E-state index is 4.19. The Hall–Kier alpha value is -0.326. The number of thiol groups is 4. The van der Waals surface area contributed by atoms with Crippen LogP contribution in [-0.2, 0) is 16.5 Å². The minimum atomic E-state index is 0. The first kappa shape index (κ1) is 28.7. The topological polar surface area (TPSA) is 6.48 Å². The van der Waals surface area contributed by atoms with Gasteiger partial charge in [-0.2, -0.15) is 35.4 Å². The SMILES string of the molecule is CCN(CC)c1ccc([C-](S)S)cc1.CCN(CC)c1ccc([C-](S)S)cc1.[Ni+2]. The van der Waals surface area contributed by atoms with Gasteiger partial charge < -0.3 is 9.80 Å². The summed E-state index contributed by atoms with van der Waals surface area (Å²) in [5, 5.41) is 0. The maximum atomic E-state index is 4.19. The Balaban J connectivity index is 0.000000523. The van der Waals surface area contributed by atoms with Gasteiger partial charge >= 0.3 is 16.5 Å². The standard InChI is InChI=1S/2C11H16NS2.Ni/c2*1-3-12(4-2)10-7-5-9(6-8-10)11(13)14;/h2*5-8,13-14H,3-4H2,1-2H3;/q2*-1;+2. The Morgan fingerprint density at radius 3 is 0.966 bits per heavy atom. The van der Waals surface area contributed by atoms with Crippen LogP contribution < -0.4 is 9.80 Å². The first-order chi connectivity index (χ1) is 13.4. The minimum Gasteiger partial charge on any atom is -0.374 e. The van der Waals surface area contributed by atoms with Crippen molar-refractivity contribution in [3.8, 4) is 0 Å². The number of hydrogen-bond donors (Lipinski definition) is 4. The van der Waals surface area contributed by atoms with Crippen molar-refractivity contribution >= 4 is 61.9 Å². The van der Waals surface area contributed by atoms with Gasteiger partial charge in [-0.15, -0.1) is 0 Å². The molecular weight excluding hydrogens is 479 g/mol. The van der Waals surface area contributed by atoms with E-state index in [2.05, 4.69) is 112 Å². The Kier molecular flexibility index (Phi) is 15.3. The number of benzene rings is 2. The zero-order chi connectivity index (χ0) is 21.1. The number of hydrogen-bond acceptors (Lipinski definition) is 6. The summed E-state index contributed by atoms with van der Waals surface area (Å²) < 4.78 is 1.52. The third kappa shape index (κ3) is 9.56.